The van der Waals surface area contributed by atoms with Crippen molar-refractivity contribution >= 4 is 15.9 Å². The van der Waals surface area contributed by atoms with Crippen molar-refractivity contribution in [2.24, 2.45) is 11.8 Å². The van der Waals surface area contributed by atoms with E-state index in [0.29, 0.717) is 0 Å². The lowest BCUT2D eigenvalue weighted by Crippen LogP contribution is -2.51. The molecule has 3 rings (SSSR count). The molecule has 0 spiro atoms. The minimum Gasteiger partial charge on any atom is -0.340 e. The fraction of sp³-hybridized carbons (Fsp3) is 0.588. The molecule has 1 heterocycles. The third-order valence-corrected chi connectivity index (χ3v) is 7.05. The molecular formula is C17H18F6N2O3S. The van der Waals surface area contributed by atoms with E-state index < -0.39 is 38.4 Å². The number of hydrogen-bond donors (Lipinski definition) is 0. The van der Waals surface area contributed by atoms with Gasteiger partial charge in [-0.25, -0.2) is 8.42 Å². The number of amides is 1. The van der Waals surface area contributed by atoms with Crippen LogP contribution in [0.3, 0.4) is 0 Å². The summed E-state index contributed by atoms with van der Waals surface area (Å²) >= 11 is 0. The molecule has 0 bridgehead atoms. The van der Waals surface area contributed by atoms with Gasteiger partial charge in [0.2, 0.25) is 15.9 Å². The molecule has 162 valence electrons. The summed E-state index contributed by atoms with van der Waals surface area (Å²) in [6.07, 6.45) is -9.53. The molecule has 2 atom stereocenters. The fourth-order valence-electron chi connectivity index (χ4n) is 3.27. The van der Waals surface area contributed by atoms with Crippen LogP contribution in [-0.2, 0) is 27.2 Å². The molecule has 12 heteroatoms. The normalized spacial score (nSPS) is 23.9. The van der Waals surface area contributed by atoms with Crippen molar-refractivity contribution in [2.45, 2.75) is 30.6 Å². The van der Waals surface area contributed by atoms with Crippen LogP contribution in [0.1, 0.15) is 24.5 Å². The molecule has 1 saturated carbocycles. The lowest BCUT2D eigenvalue weighted by atomic mass is 10.1. The second-order valence-electron chi connectivity index (χ2n) is 7.29. The minimum atomic E-state index is -5.14. The monoisotopic (exact) mass is 444 g/mol. The van der Waals surface area contributed by atoms with Crippen molar-refractivity contribution in [1.82, 2.24) is 9.21 Å². The van der Waals surface area contributed by atoms with Crippen molar-refractivity contribution in [1.29, 1.82) is 0 Å². The average molecular weight is 444 g/mol. The van der Waals surface area contributed by atoms with Crippen molar-refractivity contribution in [3.8, 4) is 0 Å². The first-order chi connectivity index (χ1) is 13.2. The highest BCUT2D eigenvalue weighted by molar-refractivity contribution is 7.89. The molecule has 0 unspecified atom stereocenters. The number of hydrogen-bond acceptors (Lipinski definition) is 3. The summed E-state index contributed by atoms with van der Waals surface area (Å²) in [5, 5.41) is 0. The van der Waals surface area contributed by atoms with Gasteiger partial charge < -0.3 is 4.90 Å². The van der Waals surface area contributed by atoms with E-state index in [4.69, 9.17) is 0 Å². The Morgan fingerprint density at radius 1 is 0.931 bits per heavy atom. The van der Waals surface area contributed by atoms with Gasteiger partial charge in [0.1, 0.15) is 0 Å². The third-order valence-electron chi connectivity index (χ3n) is 5.18. The largest absolute Gasteiger partial charge is 0.416 e. The van der Waals surface area contributed by atoms with Crippen molar-refractivity contribution in [3.05, 3.63) is 29.3 Å². The van der Waals surface area contributed by atoms with Gasteiger partial charge >= 0.3 is 12.4 Å². The molecule has 1 aliphatic carbocycles. The molecule has 1 amide bonds. The van der Waals surface area contributed by atoms with E-state index in [0.717, 1.165) is 10.7 Å². The van der Waals surface area contributed by atoms with E-state index in [1.807, 2.05) is 6.92 Å². The molecule has 5 nitrogen and oxygen atoms in total. The maximum absolute atomic E-state index is 13.0. The Hall–Kier alpha value is -1.82. The highest BCUT2D eigenvalue weighted by Crippen LogP contribution is 2.40. The van der Waals surface area contributed by atoms with Gasteiger partial charge in [0.05, 0.1) is 16.0 Å². The first kappa shape index (κ1) is 21.9. The van der Waals surface area contributed by atoms with E-state index in [-0.39, 0.29) is 62.1 Å². The summed E-state index contributed by atoms with van der Waals surface area (Å²) in [4.78, 5) is 12.6. The van der Waals surface area contributed by atoms with Gasteiger partial charge in [0.15, 0.2) is 0 Å². The molecular weight excluding hydrogens is 426 g/mol. The van der Waals surface area contributed by atoms with Crippen LogP contribution in [0.4, 0.5) is 26.3 Å². The summed E-state index contributed by atoms with van der Waals surface area (Å²) in [6.45, 7) is 1.58. The zero-order valence-corrected chi connectivity index (χ0v) is 16.0. The van der Waals surface area contributed by atoms with E-state index >= 15 is 0 Å². The van der Waals surface area contributed by atoms with E-state index in [1.165, 1.54) is 4.90 Å². The van der Waals surface area contributed by atoms with Gasteiger partial charge in [0, 0.05) is 32.1 Å². The summed E-state index contributed by atoms with van der Waals surface area (Å²) in [5.41, 5.74) is -3.38. The summed E-state index contributed by atoms with van der Waals surface area (Å²) in [7, 11) is -4.60. The molecule has 1 aromatic rings. The zero-order valence-electron chi connectivity index (χ0n) is 15.2. The Balaban J connectivity index is 1.85. The summed E-state index contributed by atoms with van der Waals surface area (Å²) in [6, 6.07) is 0.286. The second kappa shape index (κ2) is 7.15. The highest BCUT2D eigenvalue weighted by Gasteiger charge is 2.43. The topological polar surface area (TPSA) is 57.7 Å². The van der Waals surface area contributed by atoms with Gasteiger partial charge in [-0.15, -0.1) is 0 Å². The van der Waals surface area contributed by atoms with Gasteiger partial charge in [0.25, 0.3) is 0 Å². The Labute approximate surface area is 163 Å². The number of benzene rings is 1. The lowest BCUT2D eigenvalue weighted by molar-refractivity contribution is -0.143. The molecule has 0 aromatic heterocycles. The molecule has 2 aliphatic rings. The number of carbonyl (C=O) groups is 1. The van der Waals surface area contributed by atoms with Crippen LogP contribution in [0, 0.1) is 11.8 Å². The summed E-state index contributed by atoms with van der Waals surface area (Å²) in [5.74, 6) is 0.0547. The molecule has 0 N–H and O–H groups in total. The fourth-order valence-corrected chi connectivity index (χ4v) is 4.77. The molecule has 29 heavy (non-hydrogen) atoms. The third kappa shape index (κ3) is 4.52. The smallest absolute Gasteiger partial charge is 0.340 e. The molecule has 1 aliphatic heterocycles. The number of sulfonamides is 1. The van der Waals surface area contributed by atoms with E-state index in [2.05, 4.69) is 0 Å². The second-order valence-corrected chi connectivity index (χ2v) is 9.23. The molecule has 2 fully saturated rings. The molecule has 1 aromatic carbocycles. The van der Waals surface area contributed by atoms with Crippen LogP contribution in [0.25, 0.3) is 0 Å². The maximum Gasteiger partial charge on any atom is 0.416 e. The Morgan fingerprint density at radius 3 is 1.76 bits per heavy atom. The molecule has 0 radical (unpaired) electrons. The number of halogens is 6. The van der Waals surface area contributed by atoms with Crippen LogP contribution in [0.15, 0.2) is 23.1 Å². The number of nitrogens with zero attached hydrogens (tertiary/aromatic N) is 2. The number of alkyl halides is 6. The van der Waals surface area contributed by atoms with Gasteiger partial charge in [-0.05, 0) is 30.5 Å². The highest BCUT2D eigenvalue weighted by atomic mass is 32.2. The number of rotatable bonds is 3. The number of carbonyl (C=O) groups excluding carboxylic acids is 1. The SMILES string of the molecule is C[C@@H]1C[C@H]1C(=O)N1CCN(S(=O)(=O)c2cc(C(F)(F)F)cc(C(F)(F)F)c2)CC1. The first-order valence-electron chi connectivity index (χ1n) is 8.79. The van der Waals surface area contributed by atoms with E-state index in [1.54, 1.807) is 0 Å². The van der Waals surface area contributed by atoms with Crippen LogP contribution < -0.4 is 0 Å². The Kier molecular flexibility index (Phi) is 5.39. The maximum atomic E-state index is 13.0. The van der Waals surface area contributed by atoms with Crippen LogP contribution in [-0.4, -0.2) is 49.7 Å². The standard InChI is InChI=1S/C17H18F6N2O3S/c1-10-6-14(10)15(26)24-2-4-25(5-3-24)29(27,28)13-8-11(16(18,19)20)7-12(9-13)17(21,22)23/h7-10,14H,2-6H2,1H3/t10-,14-/m1/s1. The van der Waals surface area contributed by atoms with Crippen LogP contribution in [0.5, 0.6) is 0 Å². The van der Waals surface area contributed by atoms with Crippen LogP contribution >= 0.6 is 0 Å². The average Bonchev–Trinajstić information content (AvgIpc) is 3.36. The van der Waals surface area contributed by atoms with Crippen molar-refractivity contribution in [3.63, 3.8) is 0 Å². The van der Waals surface area contributed by atoms with Crippen molar-refractivity contribution in [2.75, 3.05) is 26.2 Å². The number of piperazine rings is 1. The predicted octanol–water partition coefficient (Wildman–Crippen LogP) is 3.21. The van der Waals surface area contributed by atoms with Crippen molar-refractivity contribution < 1.29 is 39.6 Å². The van der Waals surface area contributed by atoms with Crippen LogP contribution in [0.2, 0.25) is 0 Å². The lowest BCUT2D eigenvalue weighted by Gasteiger charge is -2.34. The van der Waals surface area contributed by atoms with Gasteiger partial charge in [-0.3, -0.25) is 4.79 Å². The predicted molar refractivity (Wildman–Crippen MR) is 89.1 cm³/mol. The minimum absolute atomic E-state index is 0.0341. The van der Waals surface area contributed by atoms with E-state index in [9.17, 15) is 39.6 Å². The quantitative estimate of drug-likeness (QED) is 0.673. The molecule has 1 saturated heterocycles. The summed E-state index contributed by atoms with van der Waals surface area (Å²) < 4.78 is 104. The zero-order chi connectivity index (χ0) is 21.8. The Morgan fingerprint density at radius 2 is 1.38 bits per heavy atom. The van der Waals surface area contributed by atoms with Gasteiger partial charge in [-0.1, -0.05) is 6.92 Å². The Bertz CT molecular complexity index is 872. The van der Waals surface area contributed by atoms with Gasteiger partial charge in [-0.2, -0.15) is 30.6 Å². The first-order valence-corrected chi connectivity index (χ1v) is 10.2.